The van der Waals surface area contributed by atoms with Crippen LogP contribution < -0.4 is 5.43 Å². The molecule has 1 aliphatic heterocycles. The highest BCUT2D eigenvalue weighted by Crippen LogP contribution is 2.32. The number of aromatic hydroxyl groups is 2. The molecule has 0 amide bonds. The molecule has 3 N–H and O–H groups in total. The SMILES string of the molecule is Oc1ccc(Cl)cc1C1=NNC(c2ccccc2O)C1. The monoisotopic (exact) mass is 288 g/mol. The summed E-state index contributed by atoms with van der Waals surface area (Å²) >= 11 is 5.95. The van der Waals surface area contributed by atoms with Crippen LogP contribution in [0.2, 0.25) is 5.02 Å². The van der Waals surface area contributed by atoms with Gasteiger partial charge >= 0.3 is 0 Å². The second kappa shape index (κ2) is 5.06. The van der Waals surface area contributed by atoms with E-state index in [-0.39, 0.29) is 17.5 Å². The van der Waals surface area contributed by atoms with Crippen LogP contribution in [0, 0.1) is 0 Å². The number of hydrogen-bond donors (Lipinski definition) is 3. The molecule has 0 spiro atoms. The molecule has 0 radical (unpaired) electrons. The zero-order chi connectivity index (χ0) is 14.1. The molecule has 0 aromatic heterocycles. The van der Waals surface area contributed by atoms with Crippen LogP contribution in [0.1, 0.15) is 23.6 Å². The maximum atomic E-state index is 9.89. The van der Waals surface area contributed by atoms with Gasteiger partial charge in [0, 0.05) is 22.6 Å². The number of hydrazone groups is 1. The number of nitrogens with zero attached hydrogens (tertiary/aromatic N) is 1. The van der Waals surface area contributed by atoms with Gasteiger partial charge in [0.1, 0.15) is 11.5 Å². The fourth-order valence-electron chi connectivity index (χ4n) is 2.31. The van der Waals surface area contributed by atoms with E-state index in [4.69, 9.17) is 11.6 Å². The van der Waals surface area contributed by atoms with E-state index in [9.17, 15) is 10.2 Å². The van der Waals surface area contributed by atoms with E-state index in [1.54, 1.807) is 30.3 Å². The number of rotatable bonds is 2. The summed E-state index contributed by atoms with van der Waals surface area (Å²) in [5.74, 6) is 0.379. The molecule has 1 aliphatic rings. The second-order valence-corrected chi connectivity index (χ2v) is 5.10. The molecule has 5 heteroatoms. The average molecular weight is 289 g/mol. The summed E-state index contributed by atoms with van der Waals surface area (Å²) in [6.45, 7) is 0. The maximum absolute atomic E-state index is 9.89. The topological polar surface area (TPSA) is 64.9 Å². The number of phenolic OH excluding ortho intramolecular Hbond substituents is 2. The summed E-state index contributed by atoms with van der Waals surface area (Å²) in [6.07, 6.45) is 0.575. The Morgan fingerprint density at radius 2 is 1.90 bits per heavy atom. The number of phenols is 2. The minimum atomic E-state index is -0.107. The Morgan fingerprint density at radius 1 is 1.10 bits per heavy atom. The Hall–Kier alpha value is -2.20. The Labute approximate surface area is 121 Å². The molecule has 20 heavy (non-hydrogen) atoms. The summed E-state index contributed by atoms with van der Waals surface area (Å²) in [7, 11) is 0. The van der Waals surface area contributed by atoms with Gasteiger partial charge in [-0.2, -0.15) is 5.10 Å². The van der Waals surface area contributed by atoms with Gasteiger partial charge in [0.25, 0.3) is 0 Å². The highest BCUT2D eigenvalue weighted by Gasteiger charge is 2.24. The predicted molar refractivity (Wildman–Crippen MR) is 78.3 cm³/mol. The lowest BCUT2D eigenvalue weighted by Gasteiger charge is -2.11. The smallest absolute Gasteiger partial charge is 0.124 e. The van der Waals surface area contributed by atoms with Gasteiger partial charge < -0.3 is 15.6 Å². The molecule has 0 fully saturated rings. The normalized spacial score (nSPS) is 17.6. The molecule has 1 atom stereocenters. The molecule has 0 bridgehead atoms. The summed E-state index contributed by atoms with van der Waals surface area (Å²) in [4.78, 5) is 0. The van der Waals surface area contributed by atoms with E-state index in [0.29, 0.717) is 17.0 Å². The summed E-state index contributed by atoms with van der Waals surface area (Å²) in [6, 6.07) is 11.9. The van der Waals surface area contributed by atoms with Gasteiger partial charge in [-0.05, 0) is 24.3 Å². The standard InChI is InChI=1S/C15H13ClN2O2/c16-9-5-6-15(20)11(7-9)13-8-12(17-18-13)10-3-1-2-4-14(10)19/h1-7,12,17,19-20H,8H2. The molecular formula is C15H13ClN2O2. The van der Waals surface area contributed by atoms with Crippen LogP contribution in [0.25, 0.3) is 0 Å². The van der Waals surface area contributed by atoms with Gasteiger partial charge in [-0.3, -0.25) is 0 Å². The lowest BCUT2D eigenvalue weighted by atomic mass is 9.98. The Bertz CT molecular complexity index is 685. The van der Waals surface area contributed by atoms with E-state index in [1.165, 1.54) is 0 Å². The van der Waals surface area contributed by atoms with Crippen molar-refractivity contribution in [3.63, 3.8) is 0 Å². The number of para-hydroxylation sites is 1. The maximum Gasteiger partial charge on any atom is 0.124 e. The average Bonchev–Trinajstić information content (AvgIpc) is 2.91. The van der Waals surface area contributed by atoms with Crippen molar-refractivity contribution in [1.82, 2.24) is 5.43 Å². The fourth-order valence-corrected chi connectivity index (χ4v) is 2.48. The van der Waals surface area contributed by atoms with Crippen molar-refractivity contribution in [2.24, 2.45) is 5.10 Å². The first-order valence-corrected chi connectivity index (χ1v) is 6.62. The molecular weight excluding hydrogens is 276 g/mol. The molecule has 3 rings (SSSR count). The molecule has 0 saturated heterocycles. The summed E-state index contributed by atoms with van der Waals surface area (Å²) in [5.41, 5.74) is 5.10. The van der Waals surface area contributed by atoms with E-state index in [0.717, 1.165) is 11.3 Å². The Morgan fingerprint density at radius 3 is 2.70 bits per heavy atom. The zero-order valence-electron chi connectivity index (χ0n) is 10.5. The van der Waals surface area contributed by atoms with Crippen molar-refractivity contribution < 1.29 is 10.2 Å². The third kappa shape index (κ3) is 2.30. The van der Waals surface area contributed by atoms with Crippen molar-refractivity contribution in [1.29, 1.82) is 0 Å². The highest BCUT2D eigenvalue weighted by atomic mass is 35.5. The minimum absolute atomic E-state index is 0.107. The van der Waals surface area contributed by atoms with Crippen LogP contribution in [0.4, 0.5) is 0 Å². The number of benzene rings is 2. The number of hydrogen-bond acceptors (Lipinski definition) is 4. The molecule has 0 aliphatic carbocycles. The highest BCUT2D eigenvalue weighted by molar-refractivity contribution is 6.31. The summed E-state index contributed by atoms with van der Waals surface area (Å²) in [5, 5.41) is 24.5. The fraction of sp³-hybridized carbons (Fsp3) is 0.133. The first-order chi connectivity index (χ1) is 9.65. The van der Waals surface area contributed by atoms with Crippen LogP contribution in [-0.2, 0) is 0 Å². The number of halogens is 1. The molecule has 1 heterocycles. The molecule has 2 aromatic rings. The first kappa shape index (κ1) is 12.8. The molecule has 1 unspecified atom stereocenters. The van der Waals surface area contributed by atoms with Crippen molar-refractivity contribution in [2.45, 2.75) is 12.5 Å². The lowest BCUT2D eigenvalue weighted by molar-refractivity contribution is 0.455. The van der Waals surface area contributed by atoms with Crippen LogP contribution in [-0.4, -0.2) is 15.9 Å². The van der Waals surface area contributed by atoms with Gasteiger partial charge in [-0.25, -0.2) is 0 Å². The predicted octanol–water partition coefficient (Wildman–Crippen LogP) is 3.19. The zero-order valence-corrected chi connectivity index (χ0v) is 11.3. The van der Waals surface area contributed by atoms with Gasteiger partial charge in [0.2, 0.25) is 0 Å². The molecule has 0 saturated carbocycles. The van der Waals surface area contributed by atoms with E-state index in [1.807, 2.05) is 12.1 Å². The minimum Gasteiger partial charge on any atom is -0.508 e. The van der Waals surface area contributed by atoms with Crippen LogP contribution in [0.5, 0.6) is 11.5 Å². The quantitative estimate of drug-likeness (QED) is 0.795. The van der Waals surface area contributed by atoms with Crippen LogP contribution in [0.3, 0.4) is 0 Å². The van der Waals surface area contributed by atoms with Gasteiger partial charge in [-0.1, -0.05) is 29.8 Å². The first-order valence-electron chi connectivity index (χ1n) is 6.24. The lowest BCUT2D eigenvalue weighted by Crippen LogP contribution is -2.10. The second-order valence-electron chi connectivity index (χ2n) is 4.66. The molecule has 102 valence electrons. The van der Waals surface area contributed by atoms with Gasteiger partial charge in [-0.15, -0.1) is 0 Å². The van der Waals surface area contributed by atoms with Crippen LogP contribution >= 0.6 is 11.6 Å². The largest absolute Gasteiger partial charge is 0.508 e. The number of nitrogens with one attached hydrogen (secondary N) is 1. The Kier molecular flexibility index (Phi) is 3.24. The third-order valence-electron chi connectivity index (χ3n) is 3.33. The Balaban J connectivity index is 1.86. The van der Waals surface area contributed by atoms with Crippen LogP contribution in [0.15, 0.2) is 47.6 Å². The summed E-state index contributed by atoms with van der Waals surface area (Å²) < 4.78 is 0. The van der Waals surface area contributed by atoms with Crippen molar-refractivity contribution >= 4 is 17.3 Å². The van der Waals surface area contributed by atoms with Crippen molar-refractivity contribution in [3.8, 4) is 11.5 Å². The van der Waals surface area contributed by atoms with Crippen molar-refractivity contribution in [2.75, 3.05) is 0 Å². The van der Waals surface area contributed by atoms with E-state index in [2.05, 4.69) is 10.5 Å². The van der Waals surface area contributed by atoms with E-state index >= 15 is 0 Å². The third-order valence-corrected chi connectivity index (χ3v) is 3.57. The molecule has 4 nitrogen and oxygen atoms in total. The van der Waals surface area contributed by atoms with Crippen molar-refractivity contribution in [3.05, 3.63) is 58.6 Å². The van der Waals surface area contributed by atoms with E-state index < -0.39 is 0 Å². The van der Waals surface area contributed by atoms with Gasteiger partial charge in [0.05, 0.1) is 11.8 Å². The van der Waals surface area contributed by atoms with Gasteiger partial charge in [0.15, 0.2) is 0 Å². The molecule has 2 aromatic carbocycles.